The molecule has 216 valence electrons. The summed E-state index contributed by atoms with van der Waals surface area (Å²) in [4.78, 5) is 31.7. The molecular formula is C34H38N6O2. The highest BCUT2D eigenvalue weighted by Gasteiger charge is 2.35. The summed E-state index contributed by atoms with van der Waals surface area (Å²) in [5, 5.41) is 6.72. The Morgan fingerprint density at radius 3 is 2.36 bits per heavy atom. The van der Waals surface area contributed by atoms with Gasteiger partial charge in [0.05, 0.1) is 22.4 Å². The van der Waals surface area contributed by atoms with Crippen LogP contribution in [0.15, 0.2) is 48.5 Å². The predicted molar refractivity (Wildman–Crippen MR) is 167 cm³/mol. The van der Waals surface area contributed by atoms with Crippen molar-refractivity contribution in [1.29, 1.82) is 0 Å². The zero-order valence-electron chi connectivity index (χ0n) is 25.3. The molecule has 0 bridgehead atoms. The molecule has 7 rings (SSSR count). The van der Waals surface area contributed by atoms with Gasteiger partial charge in [0.1, 0.15) is 11.4 Å². The van der Waals surface area contributed by atoms with Gasteiger partial charge in [-0.15, -0.1) is 0 Å². The Labute approximate surface area is 246 Å². The van der Waals surface area contributed by atoms with E-state index in [1.807, 2.05) is 52.7 Å². The van der Waals surface area contributed by atoms with E-state index in [-0.39, 0.29) is 17.9 Å². The number of amides is 2. The Bertz CT molecular complexity index is 1900. The molecule has 0 spiro atoms. The molecule has 1 unspecified atom stereocenters. The average molecular weight is 563 g/mol. The van der Waals surface area contributed by atoms with Crippen molar-refractivity contribution in [2.75, 3.05) is 24.5 Å². The van der Waals surface area contributed by atoms with E-state index in [0.29, 0.717) is 30.4 Å². The van der Waals surface area contributed by atoms with Gasteiger partial charge < -0.3 is 18.9 Å². The fourth-order valence-corrected chi connectivity index (χ4v) is 7.09. The molecular weight excluding hydrogens is 524 g/mol. The number of carbonyl (C=O) groups is 2. The quantitative estimate of drug-likeness (QED) is 0.251. The van der Waals surface area contributed by atoms with Crippen LogP contribution in [0.2, 0.25) is 0 Å². The van der Waals surface area contributed by atoms with E-state index in [2.05, 4.69) is 66.2 Å². The van der Waals surface area contributed by atoms with Gasteiger partial charge >= 0.3 is 0 Å². The van der Waals surface area contributed by atoms with Crippen LogP contribution in [-0.2, 0) is 13.6 Å². The van der Waals surface area contributed by atoms with Crippen LogP contribution in [0.1, 0.15) is 65.6 Å². The molecule has 1 atom stereocenters. The number of anilines is 1. The van der Waals surface area contributed by atoms with Gasteiger partial charge in [-0.2, -0.15) is 5.10 Å². The van der Waals surface area contributed by atoms with Gasteiger partial charge in [-0.3, -0.25) is 14.3 Å². The summed E-state index contributed by atoms with van der Waals surface area (Å²) in [7, 11) is 1.97. The lowest BCUT2D eigenvalue weighted by Crippen LogP contribution is -2.43. The number of hydrogen-bond acceptors (Lipinski definition) is 3. The van der Waals surface area contributed by atoms with Gasteiger partial charge in [0, 0.05) is 66.9 Å². The molecule has 3 aromatic heterocycles. The first kappa shape index (κ1) is 26.6. The molecule has 2 aliphatic heterocycles. The maximum Gasteiger partial charge on any atom is 0.275 e. The Morgan fingerprint density at radius 2 is 1.64 bits per heavy atom. The van der Waals surface area contributed by atoms with Crippen LogP contribution in [0.3, 0.4) is 0 Å². The summed E-state index contributed by atoms with van der Waals surface area (Å²) in [6.07, 6.45) is 0.993. The number of fused-ring (bicyclic) bond motifs is 6. The molecule has 5 heterocycles. The molecule has 0 saturated heterocycles. The smallest absolute Gasteiger partial charge is 0.275 e. The summed E-state index contributed by atoms with van der Waals surface area (Å²) in [5.41, 5.74) is 8.65. The molecule has 2 amide bonds. The van der Waals surface area contributed by atoms with E-state index < -0.39 is 0 Å². The van der Waals surface area contributed by atoms with Crippen LogP contribution < -0.4 is 4.90 Å². The van der Waals surface area contributed by atoms with Gasteiger partial charge in [-0.1, -0.05) is 44.2 Å². The van der Waals surface area contributed by atoms with E-state index in [9.17, 15) is 9.59 Å². The van der Waals surface area contributed by atoms with E-state index in [0.717, 1.165) is 69.5 Å². The molecule has 5 aromatic rings. The fourth-order valence-electron chi connectivity index (χ4n) is 7.09. The maximum absolute atomic E-state index is 14.3. The first-order chi connectivity index (χ1) is 20.2. The fraction of sp³-hybridized carbons (Fsp3) is 0.382. The van der Waals surface area contributed by atoms with E-state index >= 15 is 0 Å². The number of rotatable bonds is 5. The van der Waals surface area contributed by atoms with Crippen LogP contribution in [0, 0.1) is 19.8 Å². The molecule has 42 heavy (non-hydrogen) atoms. The number of para-hydroxylation sites is 2. The molecule has 8 heteroatoms. The zero-order valence-corrected chi connectivity index (χ0v) is 25.3. The third-order valence-corrected chi connectivity index (χ3v) is 9.26. The Balaban J connectivity index is 1.32. The second kappa shape index (κ2) is 9.61. The highest BCUT2D eigenvalue weighted by atomic mass is 16.2. The van der Waals surface area contributed by atoms with Crippen LogP contribution in [0.25, 0.3) is 32.9 Å². The molecule has 0 N–H and O–H groups in total. The molecule has 2 aliphatic rings. The minimum atomic E-state index is -0.0152. The van der Waals surface area contributed by atoms with Crippen molar-refractivity contribution in [3.05, 3.63) is 71.3 Å². The minimum absolute atomic E-state index is 0.0152. The molecule has 0 saturated carbocycles. The standard InChI is InChI=1S/C34H38N6O2/c1-20(2)13-14-37-15-16-38-28(33(37)41)17-25-10-8-12-27(32(25)38)39-19-21(3)40-29(34(39)42)18-24-9-7-11-26(31(24)40)30-22(4)35-36(6)23(30)5/h7-12,17-18,20-21H,13-16,19H2,1-6H3. The predicted octanol–water partition coefficient (Wildman–Crippen LogP) is 6.34. The summed E-state index contributed by atoms with van der Waals surface area (Å²) in [6.45, 7) is 13.4. The first-order valence-corrected chi connectivity index (χ1v) is 15.0. The highest BCUT2D eigenvalue weighted by Crippen LogP contribution is 2.41. The van der Waals surface area contributed by atoms with Crippen molar-refractivity contribution in [1.82, 2.24) is 23.8 Å². The van der Waals surface area contributed by atoms with Crippen molar-refractivity contribution in [2.45, 2.75) is 53.6 Å². The second-order valence-electron chi connectivity index (χ2n) is 12.4. The Morgan fingerprint density at radius 1 is 0.929 bits per heavy atom. The molecule has 0 aliphatic carbocycles. The summed E-state index contributed by atoms with van der Waals surface area (Å²) in [5.74, 6) is 0.614. The minimum Gasteiger partial charge on any atom is -0.336 e. The van der Waals surface area contributed by atoms with Crippen LogP contribution in [0.5, 0.6) is 0 Å². The summed E-state index contributed by atoms with van der Waals surface area (Å²) in [6, 6.07) is 16.5. The van der Waals surface area contributed by atoms with Crippen molar-refractivity contribution < 1.29 is 9.59 Å². The van der Waals surface area contributed by atoms with Crippen molar-refractivity contribution in [3.8, 4) is 11.1 Å². The largest absolute Gasteiger partial charge is 0.336 e. The van der Waals surface area contributed by atoms with Crippen molar-refractivity contribution >= 4 is 39.3 Å². The lowest BCUT2D eigenvalue weighted by Gasteiger charge is -2.35. The molecule has 0 fully saturated rings. The maximum atomic E-state index is 14.3. The SMILES string of the molecule is Cc1nn(C)c(C)c1-c1cccc2cc3n(c12)C(C)CN(c1cccc2cc4n(c12)CCN(CCC(C)C)C4=O)C3=O. The van der Waals surface area contributed by atoms with Gasteiger partial charge in [0.25, 0.3) is 11.8 Å². The highest BCUT2D eigenvalue weighted by molar-refractivity contribution is 6.14. The number of nitrogens with zero attached hydrogens (tertiary/aromatic N) is 6. The average Bonchev–Trinajstić information content (AvgIpc) is 3.62. The second-order valence-corrected chi connectivity index (χ2v) is 12.4. The summed E-state index contributed by atoms with van der Waals surface area (Å²) >= 11 is 0. The number of hydrogen-bond donors (Lipinski definition) is 0. The third kappa shape index (κ3) is 3.84. The van der Waals surface area contributed by atoms with Crippen molar-refractivity contribution in [2.24, 2.45) is 13.0 Å². The van der Waals surface area contributed by atoms with Gasteiger partial charge in [0.15, 0.2) is 0 Å². The van der Waals surface area contributed by atoms with E-state index in [1.165, 1.54) is 0 Å². The van der Waals surface area contributed by atoms with E-state index in [1.54, 1.807) is 0 Å². The Hall–Kier alpha value is -4.33. The summed E-state index contributed by atoms with van der Waals surface area (Å²) < 4.78 is 6.28. The monoisotopic (exact) mass is 562 g/mol. The normalized spacial score (nSPS) is 17.2. The van der Waals surface area contributed by atoms with Gasteiger partial charge in [0.2, 0.25) is 0 Å². The number of aromatic nitrogens is 4. The lowest BCUT2D eigenvalue weighted by atomic mass is 10.0. The van der Waals surface area contributed by atoms with E-state index in [4.69, 9.17) is 0 Å². The first-order valence-electron chi connectivity index (χ1n) is 15.0. The number of aryl methyl sites for hydroxylation is 2. The topological polar surface area (TPSA) is 68.3 Å². The lowest BCUT2D eigenvalue weighted by molar-refractivity contribution is 0.0699. The van der Waals surface area contributed by atoms with Crippen LogP contribution in [-0.4, -0.2) is 55.3 Å². The Kier molecular flexibility index (Phi) is 6.08. The molecule has 8 nitrogen and oxygen atoms in total. The van der Waals surface area contributed by atoms with Crippen LogP contribution in [0.4, 0.5) is 5.69 Å². The van der Waals surface area contributed by atoms with Crippen molar-refractivity contribution in [3.63, 3.8) is 0 Å². The molecule has 0 radical (unpaired) electrons. The van der Waals surface area contributed by atoms with Gasteiger partial charge in [-0.25, -0.2) is 0 Å². The van der Waals surface area contributed by atoms with Gasteiger partial charge in [-0.05, 0) is 51.3 Å². The zero-order chi connectivity index (χ0) is 29.4. The van der Waals surface area contributed by atoms with Crippen LogP contribution >= 0.6 is 0 Å². The number of carbonyl (C=O) groups excluding carboxylic acids is 2. The molecule has 2 aromatic carbocycles. The number of benzene rings is 2. The third-order valence-electron chi connectivity index (χ3n) is 9.26.